The second-order valence-electron chi connectivity index (χ2n) is 8.62. The van der Waals surface area contributed by atoms with Crippen LogP contribution in [-0.4, -0.2) is 5.26 Å². The number of nitriles is 1. The molecule has 0 aliphatic heterocycles. The highest BCUT2D eigenvalue weighted by Gasteiger charge is 2.34. The van der Waals surface area contributed by atoms with Gasteiger partial charge in [-0.2, -0.15) is 5.26 Å². The van der Waals surface area contributed by atoms with E-state index in [0.717, 1.165) is 46.9 Å². The molecule has 0 aromatic heterocycles. The van der Waals surface area contributed by atoms with Crippen LogP contribution in [0.3, 0.4) is 0 Å². The summed E-state index contributed by atoms with van der Waals surface area (Å²) in [6.07, 6.45) is 9.75. The van der Waals surface area contributed by atoms with Crippen molar-refractivity contribution in [3.05, 3.63) is 40.3 Å². The maximum Gasteiger partial charge on any atom is 0.120 e. The van der Waals surface area contributed by atoms with Crippen LogP contribution in [0.4, 0.5) is 0 Å². The lowest BCUT2D eigenvalue weighted by Crippen LogP contribution is -2.27. The molecule has 1 aromatic carbocycles. The lowest BCUT2D eigenvalue weighted by Gasteiger charge is -2.38. The summed E-state index contributed by atoms with van der Waals surface area (Å²) in [4.78, 5) is 4.96. The van der Waals surface area contributed by atoms with Crippen LogP contribution in [0.25, 0.3) is 0 Å². The van der Waals surface area contributed by atoms with Gasteiger partial charge in [0, 0.05) is 0 Å². The van der Waals surface area contributed by atoms with Gasteiger partial charge in [-0.1, -0.05) is 31.9 Å². The van der Waals surface area contributed by atoms with Crippen LogP contribution in [0.15, 0.2) is 12.1 Å². The summed E-state index contributed by atoms with van der Waals surface area (Å²) >= 11 is 0. The van der Waals surface area contributed by atoms with Crippen molar-refractivity contribution in [1.29, 1.82) is 5.26 Å². The third kappa shape index (κ3) is 4.13. The Morgan fingerprint density at radius 2 is 1.62 bits per heavy atom. The van der Waals surface area contributed by atoms with Gasteiger partial charge < -0.3 is 0 Å². The molecular weight excluding hydrogens is 322 g/mol. The summed E-state index contributed by atoms with van der Waals surface area (Å²) in [5.41, 5.74) is 3.66. The number of aryl methyl sites for hydroxylation is 2. The largest absolute Gasteiger partial charge is 0.251 e. The Hall–Kier alpha value is -1.37. The van der Waals surface area contributed by atoms with Crippen LogP contribution >= 0.6 is 0 Å². The standard InChI is InChI=1S/C23H32NO2/c1-15-4-6-18(7-5-15)19-8-10-20(11-9-19)23(26-25)21-12-16(2)22(14-24)17(3)13-21/h12-13,15,19-20,23,25H,4-11H2,1-3H3. The number of nitrogens with zero attached hydrogens (tertiary/aromatic N) is 1. The van der Waals surface area contributed by atoms with Crippen molar-refractivity contribution in [2.45, 2.75) is 78.2 Å². The first-order chi connectivity index (χ1) is 12.5. The van der Waals surface area contributed by atoms with Crippen LogP contribution in [0.5, 0.6) is 0 Å². The van der Waals surface area contributed by atoms with Gasteiger partial charge in [0.25, 0.3) is 0 Å². The molecule has 0 heterocycles. The summed E-state index contributed by atoms with van der Waals surface area (Å²) < 4.78 is 0. The molecule has 1 aromatic rings. The second-order valence-corrected chi connectivity index (χ2v) is 8.62. The Kier molecular flexibility index (Phi) is 6.37. The van der Waals surface area contributed by atoms with Crippen LogP contribution in [-0.2, 0) is 4.89 Å². The van der Waals surface area contributed by atoms with Gasteiger partial charge in [-0.25, -0.2) is 4.89 Å². The smallest absolute Gasteiger partial charge is 0.120 e. The minimum absolute atomic E-state index is 0.280. The van der Waals surface area contributed by atoms with E-state index >= 15 is 0 Å². The van der Waals surface area contributed by atoms with Crippen molar-refractivity contribution < 1.29 is 10.1 Å². The maximum absolute atomic E-state index is 9.61. The molecule has 0 spiro atoms. The molecule has 1 N–H and O–H groups in total. The lowest BCUT2D eigenvalue weighted by molar-refractivity contribution is -0.296. The molecule has 0 saturated heterocycles. The van der Waals surface area contributed by atoms with Crippen molar-refractivity contribution >= 4 is 0 Å². The molecule has 1 unspecified atom stereocenters. The zero-order valence-electron chi connectivity index (χ0n) is 16.4. The van der Waals surface area contributed by atoms with E-state index in [0.29, 0.717) is 5.92 Å². The van der Waals surface area contributed by atoms with E-state index in [9.17, 15) is 10.5 Å². The molecule has 1 radical (unpaired) electrons. The highest BCUT2D eigenvalue weighted by molar-refractivity contribution is 5.46. The Balaban J connectivity index is 1.65. The highest BCUT2D eigenvalue weighted by atomic mass is 17.1. The lowest BCUT2D eigenvalue weighted by atomic mass is 9.68. The van der Waals surface area contributed by atoms with E-state index in [1.165, 1.54) is 38.5 Å². The normalized spacial score (nSPS) is 26.4. The Labute approximate surface area is 158 Å². The van der Waals surface area contributed by atoms with Crippen LogP contribution in [0.1, 0.15) is 86.6 Å². The van der Waals surface area contributed by atoms with Crippen molar-refractivity contribution in [3.8, 4) is 6.07 Å². The summed E-state index contributed by atoms with van der Waals surface area (Å²) in [6, 6.07) is 6.29. The van der Waals surface area contributed by atoms with Gasteiger partial charge in [-0.15, -0.1) is 0 Å². The fourth-order valence-electron chi connectivity index (χ4n) is 5.13. The molecule has 141 valence electrons. The van der Waals surface area contributed by atoms with Gasteiger partial charge in [0.2, 0.25) is 0 Å². The molecule has 1 atom stereocenters. The summed E-state index contributed by atoms with van der Waals surface area (Å²) in [6.45, 7) is 6.29. The van der Waals surface area contributed by atoms with Gasteiger partial charge in [0.15, 0.2) is 0 Å². The van der Waals surface area contributed by atoms with Gasteiger partial charge in [0.05, 0.1) is 11.6 Å². The van der Waals surface area contributed by atoms with E-state index < -0.39 is 0 Å². The first kappa shape index (κ1) is 19.4. The zero-order chi connectivity index (χ0) is 18.7. The summed E-state index contributed by atoms with van der Waals surface area (Å²) in [7, 11) is 0. The fourth-order valence-corrected chi connectivity index (χ4v) is 5.13. The van der Waals surface area contributed by atoms with Crippen molar-refractivity contribution in [3.63, 3.8) is 0 Å². The number of benzene rings is 1. The van der Waals surface area contributed by atoms with E-state index in [1.807, 2.05) is 26.0 Å². The summed E-state index contributed by atoms with van der Waals surface area (Å²) in [5.74, 6) is 3.83. The molecule has 3 nitrogen and oxygen atoms in total. The molecular formula is C23H32NO2. The van der Waals surface area contributed by atoms with Crippen LogP contribution < -0.4 is 0 Å². The number of hydrogen-bond acceptors (Lipinski definition) is 3. The molecule has 2 fully saturated rings. The topological polar surface area (TPSA) is 53.2 Å². The van der Waals surface area contributed by atoms with Gasteiger partial charge in [0.1, 0.15) is 6.10 Å². The van der Waals surface area contributed by atoms with E-state index in [1.54, 1.807) is 5.92 Å². The Bertz CT molecular complexity index is 624. The average Bonchev–Trinajstić information content (AvgIpc) is 2.63. The summed E-state index contributed by atoms with van der Waals surface area (Å²) in [5, 5.41) is 18.9. The van der Waals surface area contributed by atoms with Gasteiger partial charge in [-0.3, -0.25) is 5.26 Å². The first-order valence-corrected chi connectivity index (χ1v) is 10.2. The first-order valence-electron chi connectivity index (χ1n) is 10.2. The third-order valence-electron chi connectivity index (χ3n) is 6.80. The van der Waals surface area contributed by atoms with Crippen molar-refractivity contribution in [1.82, 2.24) is 0 Å². The van der Waals surface area contributed by atoms with E-state index in [-0.39, 0.29) is 6.10 Å². The molecule has 0 bridgehead atoms. The molecule has 3 rings (SSSR count). The number of rotatable bonds is 4. The minimum Gasteiger partial charge on any atom is -0.251 e. The predicted molar refractivity (Wildman–Crippen MR) is 103 cm³/mol. The molecule has 2 aliphatic rings. The van der Waals surface area contributed by atoms with E-state index in [4.69, 9.17) is 4.89 Å². The van der Waals surface area contributed by atoms with Gasteiger partial charge in [-0.05, 0) is 92.7 Å². The maximum atomic E-state index is 9.61. The minimum atomic E-state index is -0.280. The number of hydrogen-bond donors (Lipinski definition) is 1. The fraction of sp³-hybridized carbons (Fsp3) is 0.652. The van der Waals surface area contributed by atoms with Crippen LogP contribution in [0, 0.1) is 48.9 Å². The van der Waals surface area contributed by atoms with Crippen molar-refractivity contribution in [2.24, 2.45) is 17.8 Å². The SMILES string of the molecule is Cc1cc(C(OO)C2CCC([C]3CCC(C)CC3)CC2)cc(C)c1C#N. The van der Waals surface area contributed by atoms with Crippen molar-refractivity contribution in [2.75, 3.05) is 0 Å². The Morgan fingerprint density at radius 1 is 1.04 bits per heavy atom. The average molecular weight is 355 g/mol. The third-order valence-corrected chi connectivity index (χ3v) is 6.80. The molecule has 2 saturated carbocycles. The zero-order valence-corrected chi connectivity index (χ0v) is 16.4. The predicted octanol–water partition coefficient (Wildman–Crippen LogP) is 6.30. The van der Waals surface area contributed by atoms with E-state index in [2.05, 4.69) is 13.0 Å². The molecule has 26 heavy (non-hydrogen) atoms. The van der Waals surface area contributed by atoms with Gasteiger partial charge >= 0.3 is 0 Å². The molecule has 0 amide bonds. The highest BCUT2D eigenvalue weighted by Crippen LogP contribution is 2.46. The monoisotopic (exact) mass is 354 g/mol. The molecule has 3 heteroatoms. The quantitative estimate of drug-likeness (QED) is 0.510. The second kappa shape index (κ2) is 8.55. The van der Waals surface area contributed by atoms with Crippen LogP contribution in [0.2, 0.25) is 0 Å². The molecule has 2 aliphatic carbocycles. The Morgan fingerprint density at radius 3 is 2.12 bits per heavy atom.